The highest BCUT2D eigenvalue weighted by Crippen LogP contribution is 2.38. The summed E-state index contributed by atoms with van der Waals surface area (Å²) in [6.07, 6.45) is 6.64. The highest BCUT2D eigenvalue weighted by Gasteiger charge is 2.26. The van der Waals surface area contributed by atoms with E-state index in [4.69, 9.17) is 16.1 Å². The number of nitrogens with zero attached hydrogens (tertiary/aromatic N) is 4. The van der Waals surface area contributed by atoms with Crippen LogP contribution in [0.2, 0.25) is 0 Å². The molecule has 2 aromatic carbocycles. The van der Waals surface area contributed by atoms with Crippen molar-refractivity contribution in [3.8, 4) is 35.4 Å². The highest BCUT2D eigenvalue weighted by atomic mass is 19.1. The van der Waals surface area contributed by atoms with Gasteiger partial charge in [0.15, 0.2) is 0 Å². The van der Waals surface area contributed by atoms with Gasteiger partial charge in [0.05, 0.1) is 35.8 Å². The number of aromatic hydroxyl groups is 1. The van der Waals surface area contributed by atoms with E-state index in [1.165, 1.54) is 25.3 Å². The summed E-state index contributed by atoms with van der Waals surface area (Å²) in [4.78, 5) is 15.2. The average Bonchev–Trinajstić information content (AvgIpc) is 3.23. The van der Waals surface area contributed by atoms with Gasteiger partial charge in [-0.25, -0.2) is 18.7 Å². The molecule has 1 N–H and O–H groups in total. The van der Waals surface area contributed by atoms with Crippen LogP contribution in [0.1, 0.15) is 12.0 Å². The quantitative estimate of drug-likeness (QED) is 0.489. The third-order valence-corrected chi connectivity index (χ3v) is 5.62. The molecule has 0 radical (unpaired) electrons. The molecule has 1 fully saturated rings. The Kier molecular flexibility index (Phi) is 4.74. The minimum absolute atomic E-state index is 0.0178. The lowest BCUT2D eigenvalue weighted by molar-refractivity contribution is 0.364. The van der Waals surface area contributed by atoms with Gasteiger partial charge in [0.25, 0.3) is 0 Å². The van der Waals surface area contributed by atoms with Crippen LogP contribution in [0.25, 0.3) is 32.9 Å². The summed E-state index contributed by atoms with van der Waals surface area (Å²) in [6.45, 7) is 0.687. The first-order valence-corrected chi connectivity index (χ1v) is 10.0. The SMILES string of the molecule is C#Cc1c(F)ccc2cc(O)cc(-c3cc4nc(OC)ncc4c(N4CCC(F)C4)n3)c12. The molecule has 0 aliphatic carbocycles. The second-order valence-corrected chi connectivity index (χ2v) is 7.61. The number of rotatable bonds is 3. The molecular formula is C24H18F2N4O2. The van der Waals surface area contributed by atoms with Crippen LogP contribution in [-0.2, 0) is 0 Å². The standard InChI is InChI=1S/C24H18F2N4O2/c1-3-16-19(26)5-4-13-8-15(31)9-17(22(13)16)20-10-21-18(11-27-24(29-21)32-2)23(28-20)30-7-6-14(25)12-30/h1,4-5,8-11,14,31H,6-7,12H2,2H3. The van der Waals surface area contributed by atoms with Gasteiger partial charge in [-0.05, 0) is 36.1 Å². The number of pyridine rings is 1. The number of benzene rings is 2. The Bertz CT molecular complexity index is 1420. The number of alkyl halides is 1. The fourth-order valence-electron chi connectivity index (χ4n) is 4.15. The van der Waals surface area contributed by atoms with E-state index in [0.717, 1.165) is 0 Å². The van der Waals surface area contributed by atoms with E-state index in [0.29, 0.717) is 51.7 Å². The van der Waals surface area contributed by atoms with E-state index < -0.39 is 12.0 Å². The topological polar surface area (TPSA) is 71.4 Å². The van der Waals surface area contributed by atoms with Crippen LogP contribution >= 0.6 is 0 Å². The minimum Gasteiger partial charge on any atom is -0.508 e. The Morgan fingerprint density at radius 3 is 2.81 bits per heavy atom. The molecule has 4 aromatic rings. The van der Waals surface area contributed by atoms with Gasteiger partial charge in [-0.2, -0.15) is 4.98 Å². The Balaban J connectivity index is 1.84. The number of fused-ring (bicyclic) bond motifs is 2. The lowest BCUT2D eigenvalue weighted by Gasteiger charge is -2.20. The van der Waals surface area contributed by atoms with Gasteiger partial charge in [-0.3, -0.25) is 0 Å². The number of terminal acetylenes is 1. The molecule has 0 spiro atoms. The largest absolute Gasteiger partial charge is 0.508 e. The summed E-state index contributed by atoms with van der Waals surface area (Å²) in [5, 5.41) is 12.0. The van der Waals surface area contributed by atoms with E-state index in [-0.39, 0.29) is 23.9 Å². The van der Waals surface area contributed by atoms with Crippen LogP contribution in [0, 0.1) is 18.2 Å². The van der Waals surface area contributed by atoms with Crippen molar-refractivity contribution in [1.29, 1.82) is 0 Å². The summed E-state index contributed by atoms with van der Waals surface area (Å²) in [5.41, 5.74) is 1.46. The molecule has 1 aliphatic rings. The molecule has 0 saturated carbocycles. The number of hydrogen-bond acceptors (Lipinski definition) is 6. The van der Waals surface area contributed by atoms with Crippen molar-refractivity contribution in [2.75, 3.05) is 25.1 Å². The molecule has 0 amide bonds. The van der Waals surface area contributed by atoms with Crippen molar-refractivity contribution in [2.24, 2.45) is 0 Å². The molecule has 1 saturated heterocycles. The number of methoxy groups -OCH3 is 1. The smallest absolute Gasteiger partial charge is 0.316 e. The Morgan fingerprint density at radius 2 is 2.09 bits per heavy atom. The first-order valence-electron chi connectivity index (χ1n) is 10.0. The third kappa shape index (κ3) is 3.23. The molecule has 6 nitrogen and oxygen atoms in total. The van der Waals surface area contributed by atoms with E-state index in [9.17, 15) is 13.9 Å². The number of aromatic nitrogens is 3. The van der Waals surface area contributed by atoms with Gasteiger partial charge < -0.3 is 14.7 Å². The molecule has 1 unspecified atom stereocenters. The molecule has 0 bridgehead atoms. The van der Waals surface area contributed by atoms with Crippen molar-refractivity contribution in [3.63, 3.8) is 0 Å². The van der Waals surface area contributed by atoms with Crippen molar-refractivity contribution in [1.82, 2.24) is 15.0 Å². The second kappa shape index (κ2) is 7.61. The first-order chi connectivity index (χ1) is 15.5. The molecule has 5 rings (SSSR count). The predicted octanol–water partition coefficient (Wildman–Crippen LogP) is 4.23. The van der Waals surface area contributed by atoms with E-state index in [2.05, 4.69) is 15.9 Å². The number of phenols is 1. The lowest BCUT2D eigenvalue weighted by Crippen LogP contribution is -2.21. The minimum atomic E-state index is -0.960. The van der Waals surface area contributed by atoms with Gasteiger partial charge in [0, 0.05) is 23.7 Å². The molecule has 2 aromatic heterocycles. The zero-order valence-corrected chi connectivity index (χ0v) is 17.1. The zero-order chi connectivity index (χ0) is 22.4. The molecular weight excluding hydrogens is 414 g/mol. The summed E-state index contributed by atoms with van der Waals surface area (Å²) in [5.74, 6) is 2.36. The average molecular weight is 432 g/mol. The van der Waals surface area contributed by atoms with Crippen molar-refractivity contribution in [2.45, 2.75) is 12.6 Å². The first kappa shape index (κ1) is 19.9. The summed E-state index contributed by atoms with van der Waals surface area (Å²) in [7, 11) is 1.46. The Hall–Kier alpha value is -3.99. The van der Waals surface area contributed by atoms with Gasteiger partial charge in [0.2, 0.25) is 0 Å². The van der Waals surface area contributed by atoms with Gasteiger partial charge in [-0.15, -0.1) is 6.42 Å². The van der Waals surface area contributed by atoms with E-state index >= 15 is 0 Å². The van der Waals surface area contributed by atoms with Crippen LogP contribution in [0.15, 0.2) is 36.5 Å². The fraction of sp³-hybridized carbons (Fsp3) is 0.208. The molecule has 1 aliphatic heterocycles. The number of phenolic OH excluding ortho intramolecular Hbond substituents is 1. The van der Waals surface area contributed by atoms with Gasteiger partial charge in [0.1, 0.15) is 23.6 Å². The van der Waals surface area contributed by atoms with Crippen LogP contribution in [0.5, 0.6) is 11.8 Å². The van der Waals surface area contributed by atoms with E-state index in [1.54, 1.807) is 18.3 Å². The number of anilines is 1. The number of hydrogen-bond donors (Lipinski definition) is 1. The van der Waals surface area contributed by atoms with Gasteiger partial charge in [-0.1, -0.05) is 12.0 Å². The fourth-order valence-corrected chi connectivity index (χ4v) is 4.15. The summed E-state index contributed by atoms with van der Waals surface area (Å²) in [6, 6.07) is 7.69. The van der Waals surface area contributed by atoms with Gasteiger partial charge >= 0.3 is 6.01 Å². The maximum absolute atomic E-state index is 14.5. The third-order valence-electron chi connectivity index (χ3n) is 5.62. The van der Waals surface area contributed by atoms with Crippen molar-refractivity contribution in [3.05, 3.63) is 47.9 Å². The van der Waals surface area contributed by atoms with Crippen LogP contribution in [0.4, 0.5) is 14.6 Å². The molecule has 8 heteroatoms. The normalized spacial score (nSPS) is 15.9. The van der Waals surface area contributed by atoms with Crippen molar-refractivity contribution >= 4 is 27.5 Å². The number of halogens is 2. The van der Waals surface area contributed by atoms with Crippen LogP contribution in [0.3, 0.4) is 0 Å². The Morgan fingerprint density at radius 1 is 1.25 bits per heavy atom. The van der Waals surface area contributed by atoms with Crippen molar-refractivity contribution < 1.29 is 18.6 Å². The second-order valence-electron chi connectivity index (χ2n) is 7.61. The predicted molar refractivity (Wildman–Crippen MR) is 118 cm³/mol. The molecule has 160 valence electrons. The number of ether oxygens (including phenoxy) is 1. The monoisotopic (exact) mass is 432 g/mol. The molecule has 32 heavy (non-hydrogen) atoms. The zero-order valence-electron chi connectivity index (χ0n) is 17.1. The van der Waals surface area contributed by atoms with Crippen LogP contribution in [-0.4, -0.2) is 46.4 Å². The summed E-state index contributed by atoms with van der Waals surface area (Å²) >= 11 is 0. The Labute approximate surface area is 182 Å². The van der Waals surface area contributed by atoms with Crippen LogP contribution < -0.4 is 9.64 Å². The van der Waals surface area contributed by atoms with E-state index in [1.807, 2.05) is 4.90 Å². The molecule has 3 heterocycles. The maximum atomic E-state index is 14.5. The highest BCUT2D eigenvalue weighted by molar-refractivity contribution is 6.03. The maximum Gasteiger partial charge on any atom is 0.316 e. The lowest BCUT2D eigenvalue weighted by atomic mass is 9.96. The molecule has 1 atom stereocenters. The summed E-state index contributed by atoms with van der Waals surface area (Å²) < 4.78 is 33.7.